The molecule has 0 aliphatic rings. The Balaban J connectivity index is 2.46. The molecule has 2 rings (SSSR count). The minimum atomic E-state index is 0.247. The van der Waals surface area contributed by atoms with Gasteiger partial charge in [0.25, 0.3) is 0 Å². The molecule has 0 amide bonds. The minimum Gasteiger partial charge on any atom is -0.508 e. The molecule has 1 N–H and O–H groups in total. The zero-order valence-electron chi connectivity index (χ0n) is 9.81. The fraction of sp³-hybridized carbons (Fsp3) is 0.143. The molecule has 0 spiro atoms. The number of benzene rings is 2. The molecule has 3 nitrogen and oxygen atoms in total. The highest BCUT2D eigenvalue weighted by molar-refractivity contribution is 5.68. The zero-order chi connectivity index (χ0) is 12.3. The molecular weight excluding hydrogens is 216 g/mol. The summed E-state index contributed by atoms with van der Waals surface area (Å²) in [5, 5.41) is 9.45. The molecule has 2 aromatic carbocycles. The first-order valence-corrected chi connectivity index (χ1v) is 5.26. The summed E-state index contributed by atoms with van der Waals surface area (Å²) in [5.74, 6) is 1.61. The van der Waals surface area contributed by atoms with Crippen LogP contribution >= 0.6 is 0 Å². The summed E-state index contributed by atoms with van der Waals surface area (Å²) in [6.45, 7) is 0. The predicted molar refractivity (Wildman–Crippen MR) is 66.6 cm³/mol. The number of rotatable bonds is 3. The van der Waals surface area contributed by atoms with E-state index in [1.54, 1.807) is 32.4 Å². The molecule has 0 aromatic heterocycles. The third-order valence-corrected chi connectivity index (χ3v) is 2.56. The molecule has 0 heterocycles. The molecular formula is C14H14O3. The normalized spacial score (nSPS) is 10.0. The second kappa shape index (κ2) is 4.78. The predicted octanol–water partition coefficient (Wildman–Crippen LogP) is 3.08. The Bertz CT molecular complexity index is 521. The highest BCUT2D eigenvalue weighted by Crippen LogP contribution is 2.33. The van der Waals surface area contributed by atoms with Crippen molar-refractivity contribution in [2.45, 2.75) is 0 Å². The molecule has 0 saturated carbocycles. The first-order valence-electron chi connectivity index (χ1n) is 5.26. The van der Waals surface area contributed by atoms with Gasteiger partial charge in [-0.2, -0.15) is 0 Å². The van der Waals surface area contributed by atoms with Crippen molar-refractivity contribution in [3.05, 3.63) is 42.5 Å². The number of hydrogen-bond donors (Lipinski definition) is 1. The third-order valence-electron chi connectivity index (χ3n) is 2.56. The van der Waals surface area contributed by atoms with Crippen LogP contribution in [0.4, 0.5) is 0 Å². The monoisotopic (exact) mass is 230 g/mol. The summed E-state index contributed by atoms with van der Waals surface area (Å²) in [6, 6.07) is 12.7. The molecule has 0 radical (unpaired) electrons. The van der Waals surface area contributed by atoms with E-state index in [0.717, 1.165) is 11.1 Å². The summed E-state index contributed by atoms with van der Waals surface area (Å²) in [7, 11) is 3.20. The summed E-state index contributed by atoms with van der Waals surface area (Å²) >= 11 is 0. The summed E-state index contributed by atoms with van der Waals surface area (Å²) in [5.41, 5.74) is 1.91. The summed E-state index contributed by atoms with van der Waals surface area (Å²) < 4.78 is 10.4. The molecule has 17 heavy (non-hydrogen) atoms. The lowest BCUT2D eigenvalue weighted by Crippen LogP contribution is -1.90. The second-order valence-corrected chi connectivity index (χ2v) is 3.62. The number of phenols is 1. The SMILES string of the molecule is COc1ccc(-c2cccc(O)c2)cc1OC. The summed E-state index contributed by atoms with van der Waals surface area (Å²) in [4.78, 5) is 0. The van der Waals surface area contributed by atoms with Crippen molar-refractivity contribution in [1.29, 1.82) is 0 Å². The quantitative estimate of drug-likeness (QED) is 0.880. The van der Waals surface area contributed by atoms with Crippen molar-refractivity contribution in [3.8, 4) is 28.4 Å². The zero-order valence-corrected chi connectivity index (χ0v) is 9.81. The highest BCUT2D eigenvalue weighted by atomic mass is 16.5. The van der Waals surface area contributed by atoms with E-state index >= 15 is 0 Å². The fourth-order valence-electron chi connectivity index (χ4n) is 1.70. The van der Waals surface area contributed by atoms with Crippen LogP contribution in [0.15, 0.2) is 42.5 Å². The average molecular weight is 230 g/mol. The first-order chi connectivity index (χ1) is 8.24. The standard InChI is InChI=1S/C14H14O3/c1-16-13-7-6-11(9-14(13)17-2)10-4-3-5-12(15)8-10/h3-9,15H,1-2H3. The molecule has 0 saturated heterocycles. The van der Waals surface area contributed by atoms with Crippen LogP contribution < -0.4 is 9.47 Å². The van der Waals surface area contributed by atoms with Gasteiger partial charge in [-0.1, -0.05) is 18.2 Å². The molecule has 88 valence electrons. The van der Waals surface area contributed by atoms with Crippen molar-refractivity contribution in [3.63, 3.8) is 0 Å². The largest absolute Gasteiger partial charge is 0.508 e. The number of ether oxygens (including phenoxy) is 2. The molecule has 0 fully saturated rings. The van der Waals surface area contributed by atoms with Gasteiger partial charge in [0.05, 0.1) is 14.2 Å². The Kier molecular flexibility index (Phi) is 3.19. The van der Waals surface area contributed by atoms with Gasteiger partial charge < -0.3 is 14.6 Å². The van der Waals surface area contributed by atoms with Gasteiger partial charge in [-0.15, -0.1) is 0 Å². The van der Waals surface area contributed by atoms with Crippen LogP contribution in [0, 0.1) is 0 Å². The average Bonchev–Trinajstić information content (AvgIpc) is 2.38. The van der Waals surface area contributed by atoms with Gasteiger partial charge in [0.1, 0.15) is 5.75 Å². The first kappa shape index (κ1) is 11.3. The van der Waals surface area contributed by atoms with Gasteiger partial charge in [-0.25, -0.2) is 0 Å². The highest BCUT2D eigenvalue weighted by Gasteiger charge is 2.06. The van der Waals surface area contributed by atoms with Crippen LogP contribution in [0.3, 0.4) is 0 Å². The molecule has 0 aliphatic heterocycles. The van der Waals surface area contributed by atoms with Crippen molar-refractivity contribution in [2.24, 2.45) is 0 Å². The van der Waals surface area contributed by atoms with Crippen molar-refractivity contribution < 1.29 is 14.6 Å². The van der Waals surface area contributed by atoms with Crippen LogP contribution in [-0.4, -0.2) is 19.3 Å². The van der Waals surface area contributed by atoms with Crippen molar-refractivity contribution >= 4 is 0 Å². The fourth-order valence-corrected chi connectivity index (χ4v) is 1.70. The molecule has 0 aliphatic carbocycles. The van der Waals surface area contributed by atoms with E-state index in [2.05, 4.69) is 0 Å². The minimum absolute atomic E-state index is 0.247. The van der Waals surface area contributed by atoms with Crippen molar-refractivity contribution in [2.75, 3.05) is 14.2 Å². The van der Waals surface area contributed by atoms with Crippen LogP contribution in [0.5, 0.6) is 17.2 Å². The Morgan fingerprint density at radius 2 is 1.53 bits per heavy atom. The molecule has 0 atom stereocenters. The van der Waals surface area contributed by atoms with E-state index in [0.29, 0.717) is 11.5 Å². The van der Waals surface area contributed by atoms with Crippen molar-refractivity contribution in [1.82, 2.24) is 0 Å². The Hall–Kier alpha value is -2.16. The maximum atomic E-state index is 9.45. The molecule has 0 unspecified atom stereocenters. The molecule has 0 bridgehead atoms. The van der Waals surface area contributed by atoms with Gasteiger partial charge in [0.2, 0.25) is 0 Å². The smallest absolute Gasteiger partial charge is 0.161 e. The number of aromatic hydroxyl groups is 1. The lowest BCUT2D eigenvalue weighted by molar-refractivity contribution is 0.355. The summed E-state index contributed by atoms with van der Waals surface area (Å²) in [6.07, 6.45) is 0. The Labute approximate surface area is 100 Å². The maximum Gasteiger partial charge on any atom is 0.161 e. The topological polar surface area (TPSA) is 38.7 Å². The maximum absolute atomic E-state index is 9.45. The van der Waals surface area contributed by atoms with Gasteiger partial charge in [0.15, 0.2) is 11.5 Å². The van der Waals surface area contributed by atoms with E-state index in [1.807, 2.05) is 24.3 Å². The van der Waals surface area contributed by atoms with Crippen LogP contribution in [0.2, 0.25) is 0 Å². The molecule has 3 heteroatoms. The van der Waals surface area contributed by atoms with E-state index in [-0.39, 0.29) is 5.75 Å². The van der Waals surface area contributed by atoms with E-state index in [9.17, 15) is 5.11 Å². The van der Waals surface area contributed by atoms with Gasteiger partial charge >= 0.3 is 0 Å². The van der Waals surface area contributed by atoms with Gasteiger partial charge in [-0.3, -0.25) is 0 Å². The van der Waals surface area contributed by atoms with Gasteiger partial charge in [0, 0.05) is 0 Å². The Morgan fingerprint density at radius 1 is 0.824 bits per heavy atom. The van der Waals surface area contributed by atoms with E-state index in [1.165, 1.54) is 0 Å². The van der Waals surface area contributed by atoms with Crippen LogP contribution in [0.1, 0.15) is 0 Å². The number of phenolic OH excluding ortho intramolecular Hbond substituents is 1. The van der Waals surface area contributed by atoms with Gasteiger partial charge in [-0.05, 0) is 35.4 Å². The lowest BCUT2D eigenvalue weighted by atomic mass is 10.0. The Morgan fingerprint density at radius 3 is 2.18 bits per heavy atom. The second-order valence-electron chi connectivity index (χ2n) is 3.62. The van der Waals surface area contributed by atoms with E-state index < -0.39 is 0 Å². The lowest BCUT2D eigenvalue weighted by Gasteiger charge is -2.09. The number of methoxy groups -OCH3 is 2. The van der Waals surface area contributed by atoms with Crippen LogP contribution in [0.25, 0.3) is 11.1 Å². The molecule has 2 aromatic rings. The third kappa shape index (κ3) is 2.33. The van der Waals surface area contributed by atoms with Crippen LogP contribution in [-0.2, 0) is 0 Å². The van der Waals surface area contributed by atoms with E-state index in [4.69, 9.17) is 9.47 Å². The number of hydrogen-bond acceptors (Lipinski definition) is 3.